The second-order valence-corrected chi connectivity index (χ2v) is 6.89. The van der Waals surface area contributed by atoms with E-state index < -0.39 is 9.84 Å². The fourth-order valence-electron chi connectivity index (χ4n) is 1.83. The molecule has 2 rings (SSSR count). The molecule has 0 aromatic heterocycles. The highest BCUT2D eigenvalue weighted by Crippen LogP contribution is 2.23. The third-order valence-corrected chi connectivity index (χ3v) is 4.89. The maximum atomic E-state index is 12.3. The molecule has 2 aromatic carbocycles. The van der Waals surface area contributed by atoms with Crippen molar-refractivity contribution in [1.82, 2.24) is 0 Å². The van der Waals surface area contributed by atoms with Crippen molar-refractivity contribution in [3.05, 3.63) is 64.2 Å². The van der Waals surface area contributed by atoms with Crippen LogP contribution in [0.1, 0.15) is 16.7 Å². The van der Waals surface area contributed by atoms with E-state index in [0.717, 1.165) is 5.56 Å². The predicted octanol–water partition coefficient (Wildman–Crippen LogP) is 3.49. The summed E-state index contributed by atoms with van der Waals surface area (Å²) in [6.07, 6.45) is 0. The monoisotopic (exact) mass is 305 g/mol. The first-order chi connectivity index (χ1) is 9.42. The molecule has 2 aromatic rings. The van der Waals surface area contributed by atoms with Gasteiger partial charge in [0, 0.05) is 5.02 Å². The molecular formula is C15H12ClNO2S. The molecule has 0 amide bonds. The van der Waals surface area contributed by atoms with Crippen molar-refractivity contribution in [2.75, 3.05) is 0 Å². The highest BCUT2D eigenvalue weighted by atomic mass is 35.5. The van der Waals surface area contributed by atoms with E-state index in [1.807, 2.05) is 19.1 Å². The third kappa shape index (κ3) is 3.19. The Balaban J connectivity index is 2.36. The Morgan fingerprint density at radius 2 is 1.95 bits per heavy atom. The first-order valence-electron chi connectivity index (χ1n) is 5.90. The molecule has 0 aliphatic carbocycles. The zero-order chi connectivity index (χ0) is 14.8. The molecule has 5 heteroatoms. The van der Waals surface area contributed by atoms with Gasteiger partial charge in [-0.25, -0.2) is 8.42 Å². The smallest absolute Gasteiger partial charge is 0.182 e. The summed E-state index contributed by atoms with van der Waals surface area (Å²) in [4.78, 5) is 0.276. The number of halogens is 1. The van der Waals surface area contributed by atoms with Gasteiger partial charge in [0.2, 0.25) is 0 Å². The number of hydrogen-bond donors (Lipinski definition) is 0. The van der Waals surface area contributed by atoms with Crippen molar-refractivity contribution in [1.29, 1.82) is 5.26 Å². The van der Waals surface area contributed by atoms with Crippen LogP contribution in [-0.2, 0) is 15.6 Å². The molecule has 0 spiro atoms. The van der Waals surface area contributed by atoms with Crippen molar-refractivity contribution >= 4 is 21.4 Å². The maximum Gasteiger partial charge on any atom is 0.182 e. The summed E-state index contributed by atoms with van der Waals surface area (Å²) in [7, 11) is -3.45. The highest BCUT2D eigenvalue weighted by Gasteiger charge is 2.17. The minimum absolute atomic E-state index is 0.180. The number of nitriles is 1. The van der Waals surface area contributed by atoms with Crippen LogP contribution >= 0.6 is 11.6 Å². The van der Waals surface area contributed by atoms with Gasteiger partial charge in [0.25, 0.3) is 0 Å². The molecule has 0 saturated carbocycles. The lowest BCUT2D eigenvalue weighted by Crippen LogP contribution is -2.05. The largest absolute Gasteiger partial charge is 0.223 e. The Morgan fingerprint density at radius 1 is 1.20 bits per heavy atom. The molecule has 0 heterocycles. The number of sulfone groups is 1. The van der Waals surface area contributed by atoms with E-state index in [1.54, 1.807) is 30.3 Å². The van der Waals surface area contributed by atoms with Crippen LogP contribution in [0.5, 0.6) is 0 Å². The number of rotatable bonds is 3. The van der Waals surface area contributed by atoms with Gasteiger partial charge in [-0.1, -0.05) is 29.8 Å². The van der Waals surface area contributed by atoms with Crippen LogP contribution in [0.25, 0.3) is 0 Å². The standard InChI is InChI=1S/C15H12ClNO2S/c1-11-3-2-4-14(7-11)20(18,19)10-13-6-5-12(9-17)8-15(13)16/h2-8H,10H2,1H3. The van der Waals surface area contributed by atoms with E-state index in [-0.39, 0.29) is 10.6 Å². The first-order valence-corrected chi connectivity index (χ1v) is 7.93. The lowest BCUT2D eigenvalue weighted by molar-refractivity contribution is 0.595. The van der Waals surface area contributed by atoms with Crippen LogP contribution in [0, 0.1) is 18.3 Å². The van der Waals surface area contributed by atoms with Crippen LogP contribution in [0.2, 0.25) is 5.02 Å². The Hall–Kier alpha value is -1.83. The van der Waals surface area contributed by atoms with E-state index in [1.165, 1.54) is 6.07 Å². The summed E-state index contributed by atoms with van der Waals surface area (Å²) in [5.74, 6) is -0.180. The summed E-state index contributed by atoms with van der Waals surface area (Å²) >= 11 is 6.02. The minimum Gasteiger partial charge on any atom is -0.223 e. The molecule has 0 unspecified atom stereocenters. The lowest BCUT2D eigenvalue weighted by atomic mass is 10.2. The molecule has 20 heavy (non-hydrogen) atoms. The number of aryl methyl sites for hydroxylation is 1. The van der Waals surface area contributed by atoms with Crippen molar-refractivity contribution < 1.29 is 8.42 Å². The van der Waals surface area contributed by atoms with Crippen molar-refractivity contribution in [2.45, 2.75) is 17.6 Å². The summed E-state index contributed by atoms with van der Waals surface area (Å²) in [5.41, 5.74) is 1.79. The molecular weight excluding hydrogens is 294 g/mol. The zero-order valence-corrected chi connectivity index (χ0v) is 12.4. The molecule has 0 bridgehead atoms. The van der Waals surface area contributed by atoms with Crippen LogP contribution in [-0.4, -0.2) is 8.42 Å². The summed E-state index contributed by atoms with van der Waals surface area (Å²) < 4.78 is 24.7. The van der Waals surface area contributed by atoms with Gasteiger partial charge in [-0.2, -0.15) is 5.26 Å². The normalized spacial score (nSPS) is 11.1. The molecule has 0 radical (unpaired) electrons. The van der Waals surface area contributed by atoms with Crippen molar-refractivity contribution in [3.8, 4) is 6.07 Å². The predicted molar refractivity (Wildman–Crippen MR) is 78.2 cm³/mol. The summed E-state index contributed by atoms with van der Waals surface area (Å²) in [6.45, 7) is 1.84. The average molecular weight is 306 g/mol. The average Bonchev–Trinajstić information content (AvgIpc) is 2.41. The fraction of sp³-hybridized carbons (Fsp3) is 0.133. The maximum absolute atomic E-state index is 12.3. The van der Waals surface area contributed by atoms with E-state index in [2.05, 4.69) is 0 Å². The molecule has 0 N–H and O–H groups in total. The molecule has 0 fully saturated rings. The SMILES string of the molecule is Cc1cccc(S(=O)(=O)Cc2ccc(C#N)cc2Cl)c1. The Bertz CT molecular complexity index is 792. The minimum atomic E-state index is -3.45. The molecule has 0 aliphatic heterocycles. The van der Waals surface area contributed by atoms with Gasteiger partial charge >= 0.3 is 0 Å². The van der Waals surface area contributed by atoms with Gasteiger partial charge in [0.15, 0.2) is 9.84 Å². The fourth-order valence-corrected chi connectivity index (χ4v) is 3.64. The summed E-state index contributed by atoms with van der Waals surface area (Å²) in [6, 6.07) is 13.3. The third-order valence-electron chi connectivity index (χ3n) is 2.88. The van der Waals surface area contributed by atoms with Crippen molar-refractivity contribution in [3.63, 3.8) is 0 Å². The number of benzene rings is 2. The van der Waals surface area contributed by atoms with E-state index >= 15 is 0 Å². The molecule has 3 nitrogen and oxygen atoms in total. The van der Waals surface area contributed by atoms with E-state index in [4.69, 9.17) is 16.9 Å². The highest BCUT2D eigenvalue weighted by molar-refractivity contribution is 7.90. The number of hydrogen-bond acceptors (Lipinski definition) is 3. The second kappa shape index (κ2) is 5.66. The Morgan fingerprint density at radius 3 is 2.55 bits per heavy atom. The van der Waals surface area contributed by atoms with E-state index in [0.29, 0.717) is 16.1 Å². The quantitative estimate of drug-likeness (QED) is 0.872. The second-order valence-electron chi connectivity index (χ2n) is 4.49. The summed E-state index contributed by atoms with van der Waals surface area (Å²) in [5, 5.41) is 9.06. The first kappa shape index (κ1) is 14.6. The van der Waals surface area contributed by atoms with E-state index in [9.17, 15) is 8.42 Å². The van der Waals surface area contributed by atoms with Gasteiger partial charge in [0.1, 0.15) is 0 Å². The molecule has 102 valence electrons. The van der Waals surface area contributed by atoms with Gasteiger partial charge in [0.05, 0.1) is 22.3 Å². The van der Waals surface area contributed by atoms with Crippen LogP contribution < -0.4 is 0 Å². The van der Waals surface area contributed by atoms with Gasteiger partial charge in [-0.05, 0) is 42.3 Å². The number of nitrogens with zero attached hydrogens (tertiary/aromatic N) is 1. The van der Waals surface area contributed by atoms with Crippen LogP contribution in [0.4, 0.5) is 0 Å². The van der Waals surface area contributed by atoms with Crippen LogP contribution in [0.15, 0.2) is 47.4 Å². The van der Waals surface area contributed by atoms with Gasteiger partial charge in [-0.15, -0.1) is 0 Å². The zero-order valence-electron chi connectivity index (χ0n) is 10.8. The van der Waals surface area contributed by atoms with Gasteiger partial charge in [-0.3, -0.25) is 0 Å². The van der Waals surface area contributed by atoms with Gasteiger partial charge < -0.3 is 0 Å². The molecule has 0 aliphatic rings. The molecule has 0 atom stereocenters. The topological polar surface area (TPSA) is 57.9 Å². The molecule has 0 saturated heterocycles. The Kier molecular flexibility index (Phi) is 4.12. The Labute approximate surface area is 123 Å². The lowest BCUT2D eigenvalue weighted by Gasteiger charge is -2.07. The van der Waals surface area contributed by atoms with Crippen LogP contribution in [0.3, 0.4) is 0 Å². The van der Waals surface area contributed by atoms with Crippen molar-refractivity contribution in [2.24, 2.45) is 0 Å².